The second kappa shape index (κ2) is 14.7. The van der Waals surface area contributed by atoms with E-state index in [-0.39, 0.29) is 46.3 Å². The molecule has 52 heavy (non-hydrogen) atoms. The van der Waals surface area contributed by atoms with Crippen LogP contribution in [-0.4, -0.2) is 114 Å². The molecule has 12 nitrogen and oxygen atoms in total. The molecule has 2 aliphatic rings. The second-order valence-electron chi connectivity index (χ2n) is 12.8. The molecule has 0 aromatic heterocycles. The first-order valence-corrected chi connectivity index (χ1v) is 18.1. The molecular weight excluding hydrogens is 729 g/mol. The van der Waals surface area contributed by atoms with Gasteiger partial charge in [-0.2, -0.15) is 0 Å². The van der Waals surface area contributed by atoms with Gasteiger partial charge in [-0.15, -0.1) is 13.2 Å². The number of aliphatic hydroxyl groups is 1. The monoisotopic (exact) mass is 768 g/mol. The van der Waals surface area contributed by atoms with Crippen LogP contribution in [0.3, 0.4) is 0 Å². The minimum absolute atomic E-state index is 0.00663. The lowest BCUT2D eigenvalue weighted by atomic mass is 9.80. The Labute approximate surface area is 305 Å². The molecule has 0 spiro atoms. The molecule has 5 rings (SSSR count). The summed E-state index contributed by atoms with van der Waals surface area (Å²) >= 11 is 6.57. The lowest BCUT2D eigenvalue weighted by Gasteiger charge is -2.42. The summed E-state index contributed by atoms with van der Waals surface area (Å²) in [5, 5.41) is 11.2. The van der Waals surface area contributed by atoms with Crippen LogP contribution in [0.5, 0.6) is 17.2 Å². The van der Waals surface area contributed by atoms with E-state index >= 15 is 4.79 Å². The number of β-amino-alcohol motifs (C(OH)–C–C–N with tert-alkyl or cyclic N) is 1. The van der Waals surface area contributed by atoms with Gasteiger partial charge >= 0.3 is 6.36 Å². The van der Waals surface area contributed by atoms with E-state index in [4.69, 9.17) is 21.1 Å². The third-order valence-corrected chi connectivity index (χ3v) is 11.3. The van der Waals surface area contributed by atoms with Crippen LogP contribution >= 0.6 is 11.6 Å². The molecule has 1 N–H and O–H groups in total. The Hall–Kier alpha value is -4.09. The van der Waals surface area contributed by atoms with Crippen LogP contribution in [0, 0.1) is 0 Å². The fourth-order valence-corrected chi connectivity index (χ4v) is 8.53. The summed E-state index contributed by atoms with van der Waals surface area (Å²) in [7, 11) is 2.25. The fraction of sp³-hybridized carbons (Fsp3) is 0.429. The first-order chi connectivity index (χ1) is 24.4. The van der Waals surface area contributed by atoms with Crippen molar-refractivity contribution in [2.24, 2.45) is 0 Å². The maximum absolute atomic E-state index is 15.6. The third kappa shape index (κ3) is 7.01. The third-order valence-electron chi connectivity index (χ3n) is 9.37. The number of carbonyl (C=O) groups is 2. The molecule has 0 radical (unpaired) electrons. The predicted octanol–water partition coefficient (Wildman–Crippen LogP) is 4.25. The van der Waals surface area contributed by atoms with Crippen molar-refractivity contribution in [3.8, 4) is 17.2 Å². The summed E-state index contributed by atoms with van der Waals surface area (Å²) in [4.78, 5) is 33.2. The maximum Gasteiger partial charge on any atom is 0.573 e. The van der Waals surface area contributed by atoms with Gasteiger partial charge < -0.3 is 29.1 Å². The largest absolute Gasteiger partial charge is 0.573 e. The second-order valence-corrected chi connectivity index (χ2v) is 15.0. The van der Waals surface area contributed by atoms with E-state index in [1.54, 1.807) is 18.2 Å². The SMILES string of the molecule is CCN(C)CCc1ccc(OC)c(C2(N3C[C@H](O)C[C@H]3C(=O)N(C)C)C(=O)N(S(=O)(=O)c3ccc(OC)cc3OC(F)(F)F)c3ccc(Cl)cc32)c1. The van der Waals surface area contributed by atoms with E-state index in [1.807, 2.05) is 14.0 Å². The van der Waals surface area contributed by atoms with Gasteiger partial charge in [-0.05, 0) is 74.5 Å². The molecule has 3 aromatic carbocycles. The molecule has 3 aromatic rings. The zero-order valence-corrected chi connectivity index (χ0v) is 31.0. The number of benzene rings is 3. The number of carbonyl (C=O) groups excluding carboxylic acids is 2. The molecule has 2 amide bonds. The lowest BCUT2D eigenvalue weighted by Crippen LogP contribution is -2.59. The van der Waals surface area contributed by atoms with Gasteiger partial charge in [0.2, 0.25) is 5.91 Å². The van der Waals surface area contributed by atoms with Crippen LogP contribution in [0.2, 0.25) is 5.02 Å². The summed E-state index contributed by atoms with van der Waals surface area (Å²) in [6, 6.07) is 10.7. The molecule has 0 saturated carbocycles. The van der Waals surface area contributed by atoms with Gasteiger partial charge in [-0.3, -0.25) is 14.5 Å². The van der Waals surface area contributed by atoms with Gasteiger partial charge in [0, 0.05) is 49.4 Å². The van der Waals surface area contributed by atoms with Crippen LogP contribution < -0.4 is 18.5 Å². The van der Waals surface area contributed by atoms with E-state index in [2.05, 4.69) is 9.64 Å². The lowest BCUT2D eigenvalue weighted by molar-refractivity contribution is -0.275. The Kier molecular flexibility index (Phi) is 11.1. The number of alkyl halides is 3. The molecule has 0 bridgehead atoms. The topological polar surface area (TPSA) is 129 Å². The number of fused-ring (bicyclic) bond motifs is 1. The number of nitrogens with zero attached hydrogens (tertiary/aromatic N) is 4. The number of likely N-dealkylation sites (tertiary alicyclic amines) is 1. The number of hydrogen-bond donors (Lipinski definition) is 1. The number of amides is 2. The van der Waals surface area contributed by atoms with Crippen molar-refractivity contribution in [3.05, 3.63) is 76.3 Å². The molecule has 17 heteroatoms. The molecule has 1 saturated heterocycles. The number of likely N-dealkylation sites (N-methyl/N-ethyl adjacent to an activating group) is 2. The Morgan fingerprint density at radius 2 is 1.73 bits per heavy atom. The molecule has 1 unspecified atom stereocenters. The van der Waals surface area contributed by atoms with E-state index < -0.39 is 56.5 Å². The Balaban J connectivity index is 1.86. The number of halogens is 4. The molecule has 1 fully saturated rings. The number of sulfonamides is 1. The van der Waals surface area contributed by atoms with Crippen molar-refractivity contribution in [1.29, 1.82) is 0 Å². The minimum atomic E-state index is -5.31. The number of aliphatic hydroxyl groups excluding tert-OH is 1. The smallest absolute Gasteiger partial charge is 0.497 e. The van der Waals surface area contributed by atoms with Gasteiger partial charge in [-0.1, -0.05) is 24.6 Å². The molecular formula is C35H40ClF3N4O8S. The normalized spacial score (nSPS) is 20.7. The van der Waals surface area contributed by atoms with Gasteiger partial charge in [-0.25, -0.2) is 12.7 Å². The van der Waals surface area contributed by atoms with Gasteiger partial charge in [0.1, 0.15) is 16.4 Å². The number of hydrogen-bond acceptors (Lipinski definition) is 10. The van der Waals surface area contributed by atoms with Crippen molar-refractivity contribution in [2.75, 3.05) is 59.3 Å². The van der Waals surface area contributed by atoms with E-state index in [9.17, 15) is 31.5 Å². The van der Waals surface area contributed by atoms with Crippen molar-refractivity contribution >= 4 is 39.1 Å². The molecule has 0 aliphatic carbocycles. The summed E-state index contributed by atoms with van der Waals surface area (Å²) in [6.07, 6.45) is -6.05. The van der Waals surface area contributed by atoms with Crippen LogP contribution in [0.1, 0.15) is 30.0 Å². The van der Waals surface area contributed by atoms with E-state index in [0.717, 1.165) is 30.3 Å². The predicted molar refractivity (Wildman–Crippen MR) is 186 cm³/mol. The van der Waals surface area contributed by atoms with Gasteiger partial charge in [0.25, 0.3) is 15.9 Å². The number of methoxy groups -OCH3 is 2. The van der Waals surface area contributed by atoms with Crippen molar-refractivity contribution in [2.45, 2.75) is 48.7 Å². The van der Waals surface area contributed by atoms with Crippen LogP contribution in [0.15, 0.2) is 59.5 Å². The average Bonchev–Trinajstić information content (AvgIpc) is 3.60. The van der Waals surface area contributed by atoms with Gasteiger partial charge in [0.05, 0.1) is 32.1 Å². The number of rotatable bonds is 12. The number of ether oxygens (including phenoxy) is 3. The van der Waals surface area contributed by atoms with Crippen molar-refractivity contribution in [3.63, 3.8) is 0 Å². The quantitative estimate of drug-likeness (QED) is 0.286. The van der Waals surface area contributed by atoms with Crippen molar-refractivity contribution < 1.29 is 50.5 Å². The summed E-state index contributed by atoms with van der Waals surface area (Å²) in [5.74, 6) is -2.77. The first kappa shape index (κ1) is 39.1. The summed E-state index contributed by atoms with van der Waals surface area (Å²) < 4.78 is 85.9. The highest BCUT2D eigenvalue weighted by Crippen LogP contribution is 2.55. The summed E-state index contributed by atoms with van der Waals surface area (Å²) in [5.41, 5.74) is -1.56. The van der Waals surface area contributed by atoms with E-state index in [1.165, 1.54) is 56.3 Å². The Bertz CT molecular complexity index is 1960. The molecule has 2 heterocycles. The van der Waals surface area contributed by atoms with Gasteiger partial charge in [0.15, 0.2) is 11.3 Å². The highest BCUT2D eigenvalue weighted by atomic mass is 35.5. The molecule has 3 atom stereocenters. The first-order valence-electron chi connectivity index (χ1n) is 16.3. The number of anilines is 1. The van der Waals surface area contributed by atoms with Crippen LogP contribution in [0.4, 0.5) is 18.9 Å². The highest BCUT2D eigenvalue weighted by molar-refractivity contribution is 7.93. The zero-order chi connectivity index (χ0) is 38.3. The van der Waals surface area contributed by atoms with Crippen LogP contribution in [0.25, 0.3) is 0 Å². The Morgan fingerprint density at radius 1 is 1.02 bits per heavy atom. The van der Waals surface area contributed by atoms with E-state index in [0.29, 0.717) is 17.3 Å². The fourth-order valence-electron chi connectivity index (χ4n) is 6.80. The highest BCUT2D eigenvalue weighted by Gasteiger charge is 2.64. The zero-order valence-electron chi connectivity index (χ0n) is 29.4. The maximum atomic E-state index is 15.6. The molecule has 282 valence electrons. The molecule has 2 aliphatic heterocycles. The Morgan fingerprint density at radius 3 is 2.35 bits per heavy atom. The average molecular weight is 769 g/mol. The summed E-state index contributed by atoms with van der Waals surface area (Å²) in [6.45, 7) is 3.11. The van der Waals surface area contributed by atoms with Crippen LogP contribution in [-0.2, 0) is 31.6 Å². The standard InChI is InChI=1S/C35H40ClF3N4O8S/c1-7-41(4)15-14-21-8-12-29(50-6)26(16-21)34(42-20-23(44)18-28(42)32(45)40(2)3)25-17-22(36)9-11-27(25)43(33(34)46)52(47,48)31-13-10-24(49-5)19-30(31)51-35(37,38)39/h8-13,16-17,19,23,28,44H,7,14-15,18,20H2,1-6H3/t23-,28+,34?/m1/s1. The van der Waals surface area contributed by atoms with Crippen molar-refractivity contribution in [1.82, 2.24) is 14.7 Å². The minimum Gasteiger partial charge on any atom is -0.497 e.